The molecule has 0 bridgehead atoms. The van der Waals surface area contributed by atoms with Crippen molar-refractivity contribution in [3.05, 3.63) is 42.1 Å². The number of nitrogens with zero attached hydrogens (tertiary/aromatic N) is 7. The number of fused-ring (bicyclic) bond motifs is 1. The van der Waals surface area contributed by atoms with E-state index in [-0.39, 0.29) is 5.69 Å². The standard InChI is InChI=1S/C25H31N9O2/c1-15-18(13-34(31-15)16-9-11-32(3)12-10-16)28-24-22(25(35)36-5)29-21(23(26-2)30-24)17-7-6-8-19-20(17)27-14-33(19)4/h6-8,13-14,16H,9-12H2,1-5H3,(H2,26,28,30). The van der Waals surface area contributed by atoms with Gasteiger partial charge in [0.2, 0.25) is 0 Å². The van der Waals surface area contributed by atoms with E-state index in [1.807, 2.05) is 47.6 Å². The summed E-state index contributed by atoms with van der Waals surface area (Å²) in [5, 5.41) is 11.2. The minimum absolute atomic E-state index is 0.0888. The highest BCUT2D eigenvalue weighted by atomic mass is 16.5. The van der Waals surface area contributed by atoms with Gasteiger partial charge in [0, 0.05) is 25.9 Å². The molecule has 1 saturated heterocycles. The van der Waals surface area contributed by atoms with Crippen molar-refractivity contribution in [3.63, 3.8) is 0 Å². The number of hydrogen-bond donors (Lipinski definition) is 2. The van der Waals surface area contributed by atoms with E-state index in [1.165, 1.54) is 7.11 Å². The molecule has 0 aliphatic carbocycles. The number of aromatic nitrogens is 6. The number of methoxy groups -OCH3 is 1. The summed E-state index contributed by atoms with van der Waals surface area (Å²) < 4.78 is 9.02. The van der Waals surface area contributed by atoms with Crippen LogP contribution in [0.4, 0.5) is 17.3 Å². The number of piperidine rings is 1. The lowest BCUT2D eigenvalue weighted by atomic mass is 10.1. The number of esters is 1. The zero-order valence-corrected chi connectivity index (χ0v) is 21.2. The number of carbonyl (C=O) groups excluding carboxylic acids is 1. The van der Waals surface area contributed by atoms with Crippen LogP contribution in [0.2, 0.25) is 0 Å². The Bertz CT molecular complexity index is 1420. The fourth-order valence-corrected chi connectivity index (χ4v) is 4.65. The van der Waals surface area contributed by atoms with Crippen molar-refractivity contribution in [1.29, 1.82) is 0 Å². The second-order valence-corrected chi connectivity index (χ2v) is 9.16. The zero-order chi connectivity index (χ0) is 25.4. The predicted molar refractivity (Wildman–Crippen MR) is 139 cm³/mol. The van der Waals surface area contributed by atoms with Gasteiger partial charge < -0.3 is 24.8 Å². The molecule has 11 nitrogen and oxygen atoms in total. The molecule has 2 N–H and O–H groups in total. The van der Waals surface area contributed by atoms with E-state index in [1.54, 1.807) is 13.4 Å². The van der Waals surface area contributed by atoms with E-state index in [0.29, 0.717) is 23.4 Å². The number of aryl methyl sites for hydroxylation is 2. The van der Waals surface area contributed by atoms with Crippen LogP contribution in [0.5, 0.6) is 0 Å². The van der Waals surface area contributed by atoms with Gasteiger partial charge in [-0.05, 0) is 46.0 Å². The van der Waals surface area contributed by atoms with Crippen LogP contribution >= 0.6 is 0 Å². The third-order valence-corrected chi connectivity index (χ3v) is 6.75. The molecule has 1 aliphatic heterocycles. The number of carbonyl (C=O) groups is 1. The summed E-state index contributed by atoms with van der Waals surface area (Å²) in [5.41, 5.74) is 4.70. The number of anilines is 3. The Hall–Kier alpha value is -3.99. The fourth-order valence-electron chi connectivity index (χ4n) is 4.65. The molecular formula is C25H31N9O2. The maximum atomic E-state index is 12.8. The van der Waals surface area contributed by atoms with Crippen LogP contribution in [0.25, 0.3) is 22.3 Å². The van der Waals surface area contributed by atoms with E-state index in [9.17, 15) is 4.79 Å². The lowest BCUT2D eigenvalue weighted by Gasteiger charge is -2.28. The first kappa shape index (κ1) is 23.7. The minimum Gasteiger partial charge on any atom is -0.464 e. The molecule has 36 heavy (non-hydrogen) atoms. The summed E-state index contributed by atoms with van der Waals surface area (Å²) in [4.78, 5) is 29.2. The summed E-state index contributed by atoms with van der Waals surface area (Å²) in [5.74, 6) is 0.236. The molecule has 0 atom stereocenters. The van der Waals surface area contributed by atoms with Gasteiger partial charge in [0.05, 0.1) is 41.9 Å². The highest BCUT2D eigenvalue weighted by Crippen LogP contribution is 2.34. The number of imidazole rings is 1. The number of hydrogen-bond acceptors (Lipinski definition) is 9. The molecule has 1 aromatic carbocycles. The first-order valence-electron chi connectivity index (χ1n) is 12.0. The van der Waals surface area contributed by atoms with Gasteiger partial charge in [-0.25, -0.2) is 19.7 Å². The highest BCUT2D eigenvalue weighted by molar-refractivity contribution is 5.98. The monoisotopic (exact) mass is 489 g/mol. The topological polar surface area (TPSA) is 115 Å². The average molecular weight is 490 g/mol. The number of para-hydroxylation sites is 1. The molecular weight excluding hydrogens is 458 g/mol. The largest absolute Gasteiger partial charge is 0.464 e. The summed E-state index contributed by atoms with van der Waals surface area (Å²) in [6.45, 7) is 4.02. The molecule has 1 aliphatic rings. The summed E-state index contributed by atoms with van der Waals surface area (Å²) >= 11 is 0. The van der Waals surface area contributed by atoms with Gasteiger partial charge >= 0.3 is 5.97 Å². The van der Waals surface area contributed by atoms with Crippen LogP contribution in [0, 0.1) is 6.92 Å². The van der Waals surface area contributed by atoms with Gasteiger partial charge in [-0.1, -0.05) is 12.1 Å². The van der Waals surface area contributed by atoms with Crippen LogP contribution in [0.3, 0.4) is 0 Å². The molecule has 11 heteroatoms. The van der Waals surface area contributed by atoms with Gasteiger partial charge in [0.15, 0.2) is 17.3 Å². The first-order valence-corrected chi connectivity index (χ1v) is 12.0. The second kappa shape index (κ2) is 9.57. The van der Waals surface area contributed by atoms with Crippen molar-refractivity contribution >= 4 is 34.3 Å². The van der Waals surface area contributed by atoms with Crippen molar-refractivity contribution in [3.8, 4) is 11.3 Å². The van der Waals surface area contributed by atoms with Gasteiger partial charge in [-0.2, -0.15) is 5.10 Å². The third kappa shape index (κ3) is 4.26. The molecule has 4 heterocycles. The lowest BCUT2D eigenvalue weighted by Crippen LogP contribution is -2.31. The van der Waals surface area contributed by atoms with Crippen LogP contribution in [-0.2, 0) is 11.8 Å². The molecule has 5 rings (SSSR count). The molecule has 0 unspecified atom stereocenters. The van der Waals surface area contributed by atoms with Gasteiger partial charge in [0.25, 0.3) is 0 Å². The Morgan fingerprint density at radius 1 is 1.14 bits per heavy atom. The zero-order valence-electron chi connectivity index (χ0n) is 21.2. The Balaban J connectivity index is 1.56. The maximum absolute atomic E-state index is 12.8. The average Bonchev–Trinajstić information content (AvgIpc) is 3.46. The quantitative estimate of drug-likeness (QED) is 0.393. The SMILES string of the molecule is CNc1nc(Nc2cn(C3CCN(C)CC3)nc2C)c(C(=O)OC)nc1-c1cccc2c1ncn2C. The van der Waals surface area contributed by atoms with Gasteiger partial charge in [-0.3, -0.25) is 4.68 Å². The van der Waals surface area contributed by atoms with Gasteiger partial charge in [-0.15, -0.1) is 0 Å². The summed E-state index contributed by atoms with van der Waals surface area (Å²) in [7, 11) is 7.19. The Labute approximate surface area is 209 Å². The van der Waals surface area contributed by atoms with E-state index < -0.39 is 5.97 Å². The minimum atomic E-state index is -0.581. The molecule has 188 valence electrons. The maximum Gasteiger partial charge on any atom is 0.360 e. The molecule has 0 saturated carbocycles. The van der Waals surface area contributed by atoms with Crippen molar-refractivity contribution in [2.45, 2.75) is 25.8 Å². The number of likely N-dealkylation sites (tertiary alicyclic amines) is 1. The van der Waals surface area contributed by atoms with Crippen LogP contribution in [-0.4, -0.2) is 74.5 Å². The molecule has 0 amide bonds. The van der Waals surface area contributed by atoms with E-state index >= 15 is 0 Å². The Kier molecular flexibility index (Phi) is 6.31. The van der Waals surface area contributed by atoms with Crippen LogP contribution < -0.4 is 10.6 Å². The lowest BCUT2D eigenvalue weighted by molar-refractivity contribution is 0.0595. The molecule has 0 spiro atoms. The van der Waals surface area contributed by atoms with Crippen molar-refractivity contribution in [1.82, 2.24) is 34.2 Å². The fraction of sp³-hybridized carbons (Fsp3) is 0.400. The van der Waals surface area contributed by atoms with Crippen molar-refractivity contribution in [2.24, 2.45) is 7.05 Å². The molecule has 3 aromatic heterocycles. The second-order valence-electron chi connectivity index (χ2n) is 9.16. The van der Waals surface area contributed by atoms with E-state index in [0.717, 1.165) is 53.9 Å². The molecule has 4 aromatic rings. The number of benzene rings is 1. The Morgan fingerprint density at radius 2 is 1.92 bits per heavy atom. The number of ether oxygens (including phenoxy) is 1. The smallest absolute Gasteiger partial charge is 0.360 e. The molecule has 1 fully saturated rings. The highest BCUT2D eigenvalue weighted by Gasteiger charge is 2.25. The van der Waals surface area contributed by atoms with E-state index in [2.05, 4.69) is 27.6 Å². The number of rotatable bonds is 6. The summed E-state index contributed by atoms with van der Waals surface area (Å²) in [6, 6.07) is 6.19. The van der Waals surface area contributed by atoms with E-state index in [4.69, 9.17) is 19.8 Å². The first-order chi connectivity index (χ1) is 17.4. The van der Waals surface area contributed by atoms with Crippen LogP contribution in [0.15, 0.2) is 30.7 Å². The number of nitrogens with one attached hydrogen (secondary N) is 2. The summed E-state index contributed by atoms with van der Waals surface area (Å²) in [6.07, 6.45) is 5.82. The third-order valence-electron chi connectivity index (χ3n) is 6.75. The normalized spacial score (nSPS) is 14.8. The van der Waals surface area contributed by atoms with Gasteiger partial charge in [0.1, 0.15) is 5.69 Å². The van der Waals surface area contributed by atoms with Crippen molar-refractivity contribution in [2.75, 3.05) is 44.9 Å². The predicted octanol–water partition coefficient (Wildman–Crippen LogP) is 3.37. The van der Waals surface area contributed by atoms with Crippen LogP contribution in [0.1, 0.15) is 35.1 Å². The van der Waals surface area contributed by atoms with Crippen molar-refractivity contribution < 1.29 is 9.53 Å². The molecule has 0 radical (unpaired) electrons. The Morgan fingerprint density at radius 3 is 2.64 bits per heavy atom.